The van der Waals surface area contributed by atoms with Crippen molar-refractivity contribution in [2.45, 2.75) is 19.6 Å². The van der Waals surface area contributed by atoms with Crippen molar-refractivity contribution >= 4 is 16.8 Å². The van der Waals surface area contributed by atoms with Gasteiger partial charge in [0.2, 0.25) is 5.91 Å². The predicted molar refractivity (Wildman–Crippen MR) is 71.1 cm³/mol. The van der Waals surface area contributed by atoms with Gasteiger partial charge in [-0.25, -0.2) is 0 Å². The molecule has 5 nitrogen and oxygen atoms in total. The standard InChI is InChI=1S/C14H15N3O2/c15-5-1-6-16-14(19)9-17-7-4-12-3-2-11(10-18)8-13(12)17/h2-4,7-8,18H,1,6,9-10H2,(H,16,19). The van der Waals surface area contributed by atoms with Gasteiger partial charge in [0.15, 0.2) is 0 Å². The molecule has 0 atom stereocenters. The van der Waals surface area contributed by atoms with E-state index in [1.54, 1.807) is 0 Å². The predicted octanol–water partition coefficient (Wildman–Crippen LogP) is 1.16. The number of nitrogens with zero attached hydrogens (tertiary/aromatic N) is 2. The zero-order chi connectivity index (χ0) is 13.7. The molecule has 0 aliphatic heterocycles. The van der Waals surface area contributed by atoms with Crippen LogP contribution in [0, 0.1) is 11.3 Å². The third-order valence-corrected chi connectivity index (χ3v) is 2.89. The van der Waals surface area contributed by atoms with Gasteiger partial charge in [0, 0.05) is 18.3 Å². The Morgan fingerprint density at radius 1 is 1.42 bits per heavy atom. The molecule has 2 N–H and O–H groups in total. The van der Waals surface area contributed by atoms with Crippen molar-refractivity contribution in [3.8, 4) is 6.07 Å². The van der Waals surface area contributed by atoms with Crippen LogP contribution in [0.3, 0.4) is 0 Å². The molecule has 0 aliphatic carbocycles. The Morgan fingerprint density at radius 3 is 3.00 bits per heavy atom. The number of rotatable bonds is 5. The molecule has 0 fully saturated rings. The quantitative estimate of drug-likeness (QED) is 0.789. The minimum atomic E-state index is -0.123. The average Bonchev–Trinajstić information content (AvgIpc) is 2.81. The summed E-state index contributed by atoms with van der Waals surface area (Å²) >= 11 is 0. The van der Waals surface area contributed by atoms with Crippen LogP contribution < -0.4 is 5.32 Å². The van der Waals surface area contributed by atoms with Gasteiger partial charge in [-0.1, -0.05) is 12.1 Å². The lowest BCUT2D eigenvalue weighted by Crippen LogP contribution is -2.27. The number of benzene rings is 1. The molecule has 0 spiro atoms. The van der Waals surface area contributed by atoms with Crippen LogP contribution in [0.1, 0.15) is 12.0 Å². The van der Waals surface area contributed by atoms with E-state index in [0.717, 1.165) is 16.5 Å². The summed E-state index contributed by atoms with van der Waals surface area (Å²) in [5.74, 6) is -0.123. The molecule has 0 radical (unpaired) electrons. The maximum absolute atomic E-state index is 11.7. The Morgan fingerprint density at radius 2 is 2.26 bits per heavy atom. The molecule has 98 valence electrons. The second kappa shape index (κ2) is 6.03. The first kappa shape index (κ1) is 13.1. The lowest BCUT2D eigenvalue weighted by molar-refractivity contribution is -0.121. The Kier molecular flexibility index (Phi) is 4.16. The molecule has 0 saturated carbocycles. The van der Waals surface area contributed by atoms with Crippen molar-refractivity contribution in [2.75, 3.05) is 6.54 Å². The van der Waals surface area contributed by atoms with Crippen molar-refractivity contribution in [3.05, 3.63) is 36.0 Å². The number of carbonyl (C=O) groups excluding carboxylic acids is 1. The maximum Gasteiger partial charge on any atom is 0.239 e. The minimum Gasteiger partial charge on any atom is -0.392 e. The van der Waals surface area contributed by atoms with Gasteiger partial charge in [-0.2, -0.15) is 5.26 Å². The molecule has 1 aromatic carbocycles. The monoisotopic (exact) mass is 257 g/mol. The van der Waals surface area contributed by atoms with E-state index >= 15 is 0 Å². The van der Waals surface area contributed by atoms with Crippen LogP contribution in [-0.2, 0) is 17.9 Å². The number of carbonyl (C=O) groups is 1. The molecule has 0 aliphatic rings. The van der Waals surface area contributed by atoms with Gasteiger partial charge in [0.1, 0.15) is 6.54 Å². The molecule has 1 aromatic heterocycles. The van der Waals surface area contributed by atoms with E-state index in [-0.39, 0.29) is 19.1 Å². The smallest absolute Gasteiger partial charge is 0.239 e. The van der Waals surface area contributed by atoms with E-state index in [1.165, 1.54) is 0 Å². The molecular weight excluding hydrogens is 242 g/mol. The van der Waals surface area contributed by atoms with Gasteiger partial charge in [-0.05, 0) is 23.1 Å². The molecule has 0 saturated heterocycles. The van der Waals surface area contributed by atoms with Gasteiger partial charge >= 0.3 is 0 Å². The minimum absolute atomic E-state index is 0.0184. The van der Waals surface area contributed by atoms with Gasteiger partial charge < -0.3 is 15.0 Å². The Balaban J connectivity index is 2.12. The summed E-state index contributed by atoms with van der Waals surface area (Å²) in [6.45, 7) is 0.565. The average molecular weight is 257 g/mol. The zero-order valence-corrected chi connectivity index (χ0v) is 10.5. The van der Waals surface area contributed by atoms with Crippen LogP contribution in [0.25, 0.3) is 10.9 Å². The molecule has 1 amide bonds. The molecular formula is C14H15N3O2. The molecule has 0 unspecified atom stereocenters. The van der Waals surface area contributed by atoms with Crippen LogP contribution in [0.2, 0.25) is 0 Å². The Bertz CT molecular complexity index is 625. The van der Waals surface area contributed by atoms with Crippen molar-refractivity contribution in [3.63, 3.8) is 0 Å². The number of nitriles is 1. The number of aliphatic hydroxyl groups is 1. The van der Waals surface area contributed by atoms with Crippen LogP contribution >= 0.6 is 0 Å². The van der Waals surface area contributed by atoms with Gasteiger partial charge in [0.05, 0.1) is 19.1 Å². The fourth-order valence-corrected chi connectivity index (χ4v) is 1.93. The first-order valence-electron chi connectivity index (χ1n) is 6.07. The second-order valence-corrected chi connectivity index (χ2v) is 4.25. The summed E-state index contributed by atoms with van der Waals surface area (Å²) in [7, 11) is 0. The first-order chi connectivity index (χ1) is 9.24. The largest absolute Gasteiger partial charge is 0.392 e. The van der Waals surface area contributed by atoms with Crippen molar-refractivity contribution < 1.29 is 9.90 Å². The highest BCUT2D eigenvalue weighted by Gasteiger charge is 2.06. The summed E-state index contributed by atoms with van der Waals surface area (Å²) in [6.07, 6.45) is 2.16. The molecule has 19 heavy (non-hydrogen) atoms. The van der Waals surface area contributed by atoms with E-state index in [0.29, 0.717) is 13.0 Å². The molecule has 2 rings (SSSR count). The highest BCUT2D eigenvalue weighted by molar-refractivity contribution is 5.83. The summed E-state index contributed by atoms with van der Waals surface area (Å²) < 4.78 is 1.83. The number of aromatic nitrogens is 1. The second-order valence-electron chi connectivity index (χ2n) is 4.25. The fraction of sp³-hybridized carbons (Fsp3) is 0.286. The number of nitrogens with one attached hydrogen (secondary N) is 1. The number of amides is 1. The van der Waals surface area contributed by atoms with E-state index in [4.69, 9.17) is 10.4 Å². The molecule has 0 bridgehead atoms. The summed E-state index contributed by atoms with van der Waals surface area (Å²) in [4.78, 5) is 11.7. The molecule has 2 aromatic rings. The van der Waals surface area contributed by atoms with Crippen LogP contribution in [0.4, 0.5) is 0 Å². The Hall–Kier alpha value is -2.32. The summed E-state index contributed by atoms with van der Waals surface area (Å²) in [6, 6.07) is 9.56. The van der Waals surface area contributed by atoms with E-state index in [2.05, 4.69) is 5.32 Å². The van der Waals surface area contributed by atoms with Gasteiger partial charge in [0.25, 0.3) is 0 Å². The zero-order valence-electron chi connectivity index (χ0n) is 10.5. The van der Waals surface area contributed by atoms with Crippen molar-refractivity contribution in [1.82, 2.24) is 9.88 Å². The third kappa shape index (κ3) is 3.12. The lowest BCUT2D eigenvalue weighted by Gasteiger charge is -2.06. The normalized spacial score (nSPS) is 10.3. The topological polar surface area (TPSA) is 78.0 Å². The maximum atomic E-state index is 11.7. The SMILES string of the molecule is N#CCCNC(=O)Cn1ccc2ccc(CO)cc21. The van der Waals surface area contributed by atoms with E-state index in [9.17, 15) is 4.79 Å². The number of fused-ring (bicyclic) bond motifs is 1. The fourth-order valence-electron chi connectivity index (χ4n) is 1.93. The van der Waals surface area contributed by atoms with Crippen molar-refractivity contribution in [1.29, 1.82) is 5.26 Å². The van der Waals surface area contributed by atoms with Gasteiger partial charge in [-0.15, -0.1) is 0 Å². The molecule has 1 heterocycles. The van der Waals surface area contributed by atoms with Crippen LogP contribution in [0.15, 0.2) is 30.5 Å². The first-order valence-corrected chi connectivity index (χ1v) is 6.07. The summed E-state index contributed by atoms with van der Waals surface area (Å²) in [5, 5.41) is 21.2. The van der Waals surface area contributed by atoms with Crippen LogP contribution in [0.5, 0.6) is 0 Å². The summed E-state index contributed by atoms with van der Waals surface area (Å²) in [5.41, 5.74) is 1.74. The van der Waals surface area contributed by atoms with Crippen molar-refractivity contribution in [2.24, 2.45) is 0 Å². The van der Waals surface area contributed by atoms with E-state index < -0.39 is 0 Å². The number of hydrogen-bond donors (Lipinski definition) is 2. The van der Waals surface area contributed by atoms with Gasteiger partial charge in [-0.3, -0.25) is 4.79 Å². The lowest BCUT2D eigenvalue weighted by atomic mass is 10.2. The highest BCUT2D eigenvalue weighted by atomic mass is 16.3. The molecule has 5 heteroatoms. The highest BCUT2D eigenvalue weighted by Crippen LogP contribution is 2.17. The number of hydrogen-bond acceptors (Lipinski definition) is 3. The third-order valence-electron chi connectivity index (χ3n) is 2.89. The Labute approximate surface area is 111 Å². The van der Waals surface area contributed by atoms with Crippen LogP contribution in [-0.4, -0.2) is 22.1 Å². The number of aliphatic hydroxyl groups excluding tert-OH is 1. The van der Waals surface area contributed by atoms with E-state index in [1.807, 2.05) is 41.1 Å².